The number of ketones is 2. The van der Waals surface area contributed by atoms with Crippen molar-refractivity contribution in [3.8, 4) is 0 Å². The molecular weight excluding hydrogens is 281 g/mol. The van der Waals surface area contributed by atoms with Gasteiger partial charge in [-0.15, -0.1) is 0 Å². The van der Waals surface area contributed by atoms with Gasteiger partial charge in [0.25, 0.3) is 0 Å². The molecule has 0 radical (unpaired) electrons. The molecule has 3 rings (SSSR count). The van der Waals surface area contributed by atoms with Gasteiger partial charge in [0.15, 0.2) is 5.78 Å². The van der Waals surface area contributed by atoms with Gasteiger partial charge in [0.1, 0.15) is 5.82 Å². The highest BCUT2D eigenvalue weighted by Gasteiger charge is 2.19. The van der Waals surface area contributed by atoms with Crippen LogP contribution >= 0.6 is 0 Å². The Morgan fingerprint density at radius 1 is 1.09 bits per heavy atom. The lowest BCUT2D eigenvalue weighted by molar-refractivity contribution is 0.101. The molecule has 2 aromatic heterocycles. The topological polar surface area (TPSA) is 38.5 Å². The molecule has 0 aliphatic rings. The Kier molecular flexibility index (Phi) is 3.37. The Morgan fingerprint density at radius 3 is 2.41 bits per heavy atom. The van der Waals surface area contributed by atoms with E-state index in [1.54, 1.807) is 23.6 Å². The number of pyridine rings is 1. The van der Waals surface area contributed by atoms with Crippen molar-refractivity contribution in [2.24, 2.45) is 0 Å². The van der Waals surface area contributed by atoms with Crippen molar-refractivity contribution in [3.63, 3.8) is 0 Å². The fourth-order valence-corrected chi connectivity index (χ4v) is 2.66. The van der Waals surface area contributed by atoms with Gasteiger partial charge in [0.05, 0.1) is 5.69 Å². The second kappa shape index (κ2) is 5.22. The van der Waals surface area contributed by atoms with Crippen LogP contribution in [0.25, 0.3) is 5.52 Å². The molecule has 22 heavy (non-hydrogen) atoms. The van der Waals surface area contributed by atoms with E-state index in [0.29, 0.717) is 22.4 Å². The summed E-state index contributed by atoms with van der Waals surface area (Å²) in [6, 6.07) is 10.8. The third-order valence-electron chi connectivity index (χ3n) is 3.77. The maximum absolute atomic E-state index is 13.0. The number of benzene rings is 1. The lowest BCUT2D eigenvalue weighted by Crippen LogP contribution is -2.13. The number of halogens is 1. The highest BCUT2D eigenvalue weighted by Crippen LogP contribution is 2.22. The van der Waals surface area contributed by atoms with Crippen molar-refractivity contribution in [2.45, 2.75) is 13.8 Å². The Labute approximate surface area is 127 Å². The molecule has 1 aromatic carbocycles. The normalized spacial score (nSPS) is 10.9. The first-order valence-corrected chi connectivity index (χ1v) is 6.91. The SMILES string of the molecule is CC(=O)c1cc2cccn2c(C(=O)c2ccc(F)cc2)c1C. The highest BCUT2D eigenvalue weighted by molar-refractivity contribution is 6.11. The number of carbonyl (C=O) groups is 2. The van der Waals surface area contributed by atoms with Gasteiger partial charge in [-0.1, -0.05) is 0 Å². The van der Waals surface area contributed by atoms with Crippen molar-refractivity contribution in [1.82, 2.24) is 4.40 Å². The van der Waals surface area contributed by atoms with Gasteiger partial charge in [-0.3, -0.25) is 9.59 Å². The average Bonchev–Trinajstić information content (AvgIpc) is 2.94. The molecule has 3 nitrogen and oxygen atoms in total. The first kappa shape index (κ1) is 14.2. The van der Waals surface area contributed by atoms with E-state index in [-0.39, 0.29) is 11.6 Å². The van der Waals surface area contributed by atoms with Crippen LogP contribution in [-0.2, 0) is 0 Å². The summed E-state index contributed by atoms with van der Waals surface area (Å²) in [5, 5.41) is 0. The molecule has 0 fully saturated rings. The number of aromatic nitrogens is 1. The summed E-state index contributed by atoms with van der Waals surface area (Å²) >= 11 is 0. The van der Waals surface area contributed by atoms with Gasteiger partial charge in [-0.05, 0) is 61.9 Å². The first-order valence-electron chi connectivity index (χ1n) is 6.91. The lowest BCUT2D eigenvalue weighted by atomic mass is 9.98. The monoisotopic (exact) mass is 295 g/mol. The highest BCUT2D eigenvalue weighted by atomic mass is 19.1. The van der Waals surface area contributed by atoms with E-state index >= 15 is 0 Å². The Hall–Kier alpha value is -2.75. The van der Waals surface area contributed by atoms with Gasteiger partial charge in [-0.25, -0.2) is 4.39 Å². The molecule has 2 heterocycles. The molecule has 3 aromatic rings. The fourth-order valence-electron chi connectivity index (χ4n) is 2.66. The van der Waals surface area contributed by atoms with Crippen LogP contribution in [0.5, 0.6) is 0 Å². The number of fused-ring (bicyclic) bond motifs is 1. The van der Waals surface area contributed by atoms with Crippen LogP contribution < -0.4 is 0 Å². The standard InChI is InChI=1S/C18H14FNO2/c1-11-16(12(2)21)10-15-4-3-9-20(15)17(11)18(22)13-5-7-14(19)8-6-13/h3-10H,1-2H3. The van der Waals surface area contributed by atoms with Crippen molar-refractivity contribution in [3.05, 3.63) is 76.9 Å². The van der Waals surface area contributed by atoms with Crippen LogP contribution in [0, 0.1) is 12.7 Å². The van der Waals surface area contributed by atoms with Crippen molar-refractivity contribution < 1.29 is 14.0 Å². The number of carbonyl (C=O) groups excluding carboxylic acids is 2. The minimum absolute atomic E-state index is 0.0886. The largest absolute Gasteiger partial charge is 0.313 e. The summed E-state index contributed by atoms with van der Waals surface area (Å²) in [5.41, 5.74) is 2.75. The summed E-state index contributed by atoms with van der Waals surface area (Å²) in [5.74, 6) is -0.715. The molecular formula is C18H14FNO2. The zero-order chi connectivity index (χ0) is 15.9. The molecule has 0 N–H and O–H groups in total. The number of nitrogens with zero attached hydrogens (tertiary/aromatic N) is 1. The Balaban J connectivity index is 2.26. The van der Waals surface area contributed by atoms with Crippen molar-refractivity contribution in [2.75, 3.05) is 0 Å². The summed E-state index contributed by atoms with van der Waals surface area (Å²) in [4.78, 5) is 24.6. The minimum Gasteiger partial charge on any atom is -0.313 e. The molecule has 0 atom stereocenters. The van der Waals surface area contributed by atoms with E-state index in [4.69, 9.17) is 0 Å². The number of Topliss-reactive ketones (excluding diaryl/α,β-unsaturated/α-hetero) is 1. The maximum atomic E-state index is 13.0. The minimum atomic E-state index is -0.392. The smallest absolute Gasteiger partial charge is 0.210 e. The van der Waals surface area contributed by atoms with Crippen LogP contribution in [0.15, 0.2) is 48.7 Å². The van der Waals surface area contributed by atoms with E-state index in [9.17, 15) is 14.0 Å². The molecule has 0 aliphatic carbocycles. The molecule has 110 valence electrons. The molecule has 4 heteroatoms. The van der Waals surface area contributed by atoms with Gasteiger partial charge in [0.2, 0.25) is 5.78 Å². The number of hydrogen-bond acceptors (Lipinski definition) is 2. The van der Waals surface area contributed by atoms with Crippen LogP contribution in [-0.4, -0.2) is 16.0 Å². The van der Waals surface area contributed by atoms with E-state index in [0.717, 1.165) is 5.52 Å². The van der Waals surface area contributed by atoms with Gasteiger partial charge in [-0.2, -0.15) is 0 Å². The van der Waals surface area contributed by atoms with E-state index in [1.165, 1.54) is 31.2 Å². The summed E-state index contributed by atoms with van der Waals surface area (Å²) in [7, 11) is 0. The summed E-state index contributed by atoms with van der Waals surface area (Å²) in [6.45, 7) is 3.24. The third kappa shape index (κ3) is 2.22. The molecule has 0 aliphatic heterocycles. The van der Waals surface area contributed by atoms with Crippen molar-refractivity contribution in [1.29, 1.82) is 0 Å². The van der Waals surface area contributed by atoms with Gasteiger partial charge < -0.3 is 4.40 Å². The van der Waals surface area contributed by atoms with E-state index in [2.05, 4.69) is 0 Å². The predicted octanol–water partition coefficient (Wildman–Crippen LogP) is 3.82. The molecule has 0 saturated heterocycles. The molecule has 0 amide bonds. The first-order chi connectivity index (χ1) is 10.5. The lowest BCUT2D eigenvalue weighted by Gasteiger charge is -2.13. The van der Waals surface area contributed by atoms with Crippen molar-refractivity contribution >= 4 is 17.1 Å². The number of hydrogen-bond donors (Lipinski definition) is 0. The predicted molar refractivity (Wildman–Crippen MR) is 82.0 cm³/mol. The zero-order valence-electron chi connectivity index (χ0n) is 12.3. The Morgan fingerprint density at radius 2 is 1.77 bits per heavy atom. The molecule has 0 spiro atoms. The van der Waals surface area contributed by atoms with Gasteiger partial charge in [0, 0.05) is 22.8 Å². The molecule has 0 bridgehead atoms. The van der Waals surface area contributed by atoms with Crippen LogP contribution in [0.3, 0.4) is 0 Å². The zero-order valence-corrected chi connectivity index (χ0v) is 12.3. The van der Waals surface area contributed by atoms with Crippen LogP contribution in [0.4, 0.5) is 4.39 Å². The second-order valence-corrected chi connectivity index (χ2v) is 5.23. The average molecular weight is 295 g/mol. The second-order valence-electron chi connectivity index (χ2n) is 5.23. The Bertz CT molecular complexity index is 891. The fraction of sp³-hybridized carbons (Fsp3) is 0.111. The van der Waals surface area contributed by atoms with Crippen LogP contribution in [0.1, 0.15) is 38.9 Å². The molecule has 0 saturated carbocycles. The maximum Gasteiger partial charge on any atom is 0.210 e. The summed E-state index contributed by atoms with van der Waals surface area (Å²) in [6.07, 6.45) is 1.78. The van der Waals surface area contributed by atoms with E-state index < -0.39 is 5.82 Å². The van der Waals surface area contributed by atoms with Crippen LogP contribution in [0.2, 0.25) is 0 Å². The van der Waals surface area contributed by atoms with Gasteiger partial charge >= 0.3 is 0 Å². The quantitative estimate of drug-likeness (QED) is 0.689. The third-order valence-corrected chi connectivity index (χ3v) is 3.77. The molecule has 0 unspecified atom stereocenters. The summed E-state index contributed by atoms with van der Waals surface area (Å²) < 4.78 is 14.8. The number of rotatable bonds is 3. The van der Waals surface area contributed by atoms with E-state index in [1.807, 2.05) is 12.1 Å².